The monoisotopic (exact) mass is 508 g/mol. The van der Waals surface area contributed by atoms with Gasteiger partial charge in [-0.2, -0.15) is 0 Å². The van der Waals surface area contributed by atoms with Gasteiger partial charge in [-0.15, -0.1) is 0 Å². The maximum absolute atomic E-state index is 13.0. The van der Waals surface area contributed by atoms with Gasteiger partial charge in [0.1, 0.15) is 29.9 Å². The lowest BCUT2D eigenvalue weighted by Gasteiger charge is -2.26. The second-order valence-corrected chi connectivity index (χ2v) is 8.58. The Kier molecular flexibility index (Phi) is 11.3. The van der Waals surface area contributed by atoms with E-state index in [1.54, 1.807) is 26.0 Å². The van der Waals surface area contributed by atoms with Crippen molar-refractivity contribution in [2.45, 2.75) is 64.7 Å². The average molecular weight is 509 g/mol. The number of carbonyl (C=O) groups is 6. The minimum Gasteiger partial charge on any atom is -0.508 e. The lowest BCUT2D eigenvalue weighted by Crippen LogP contribution is -2.58. The Labute approximate surface area is 207 Å². The number of aliphatic carboxylic acids is 2. The molecule has 7 N–H and O–H groups in total. The number of phenolic OH excluding ortho intramolecular Hbond substituents is 1. The first-order valence-corrected chi connectivity index (χ1v) is 11.1. The van der Waals surface area contributed by atoms with Crippen molar-refractivity contribution in [1.82, 2.24) is 21.3 Å². The van der Waals surface area contributed by atoms with Gasteiger partial charge in [-0.25, -0.2) is 4.79 Å². The van der Waals surface area contributed by atoms with Crippen LogP contribution < -0.4 is 21.3 Å². The molecule has 0 aromatic heterocycles. The molecule has 0 aliphatic carbocycles. The van der Waals surface area contributed by atoms with Crippen molar-refractivity contribution >= 4 is 35.6 Å². The standard InChI is InChI=1S/C23H32N4O9/c1-11(2)19(22(34)24-12(3)20(32)26-17(23(35)36)10-18(30)31)27-21(33)16(25-13(4)28)9-14-5-7-15(29)8-6-14/h5-8,11-12,16-17,19,29H,9-10H2,1-4H3,(H,24,34)(H,25,28)(H,26,32)(H,27,33)(H,30,31)(H,35,36). The van der Waals surface area contributed by atoms with Crippen molar-refractivity contribution in [2.24, 2.45) is 5.92 Å². The van der Waals surface area contributed by atoms with E-state index in [0.29, 0.717) is 5.56 Å². The summed E-state index contributed by atoms with van der Waals surface area (Å²) >= 11 is 0. The van der Waals surface area contributed by atoms with Crippen molar-refractivity contribution < 1.29 is 44.1 Å². The van der Waals surface area contributed by atoms with E-state index in [0.717, 1.165) is 0 Å². The molecule has 0 heterocycles. The van der Waals surface area contributed by atoms with Crippen LogP contribution in [0.2, 0.25) is 0 Å². The first kappa shape index (κ1) is 29.9. The number of nitrogens with one attached hydrogen (secondary N) is 4. The van der Waals surface area contributed by atoms with E-state index in [2.05, 4.69) is 16.0 Å². The van der Waals surface area contributed by atoms with E-state index in [4.69, 9.17) is 10.2 Å². The lowest BCUT2D eigenvalue weighted by atomic mass is 10.0. The van der Waals surface area contributed by atoms with Crippen LogP contribution in [0.25, 0.3) is 0 Å². The summed E-state index contributed by atoms with van der Waals surface area (Å²) in [6.45, 7) is 5.81. The van der Waals surface area contributed by atoms with E-state index in [-0.39, 0.29) is 12.2 Å². The zero-order valence-electron chi connectivity index (χ0n) is 20.4. The van der Waals surface area contributed by atoms with Gasteiger partial charge in [0.15, 0.2) is 0 Å². The van der Waals surface area contributed by atoms with E-state index < -0.39 is 72.1 Å². The zero-order valence-corrected chi connectivity index (χ0v) is 20.4. The second-order valence-electron chi connectivity index (χ2n) is 8.58. The Bertz CT molecular complexity index is 978. The topological polar surface area (TPSA) is 211 Å². The molecule has 0 bridgehead atoms. The van der Waals surface area contributed by atoms with Gasteiger partial charge in [0.2, 0.25) is 23.6 Å². The molecule has 0 saturated carbocycles. The summed E-state index contributed by atoms with van der Waals surface area (Å²) in [5.74, 6) is -6.17. The van der Waals surface area contributed by atoms with E-state index in [1.165, 1.54) is 26.0 Å². The molecule has 4 unspecified atom stereocenters. The molecule has 0 fully saturated rings. The van der Waals surface area contributed by atoms with Gasteiger partial charge in [-0.05, 0) is 30.5 Å². The second kappa shape index (κ2) is 13.7. The molecule has 1 aromatic carbocycles. The minimum atomic E-state index is -1.69. The zero-order chi connectivity index (χ0) is 27.6. The Morgan fingerprint density at radius 1 is 0.778 bits per heavy atom. The maximum atomic E-state index is 13.0. The van der Waals surface area contributed by atoms with Gasteiger partial charge in [0.25, 0.3) is 0 Å². The first-order valence-electron chi connectivity index (χ1n) is 11.1. The molecule has 1 aromatic rings. The Morgan fingerprint density at radius 2 is 1.36 bits per heavy atom. The Hall–Kier alpha value is -4.16. The molecule has 4 atom stereocenters. The fourth-order valence-corrected chi connectivity index (χ4v) is 3.15. The van der Waals surface area contributed by atoms with Crippen LogP contribution in [0.15, 0.2) is 24.3 Å². The number of amides is 4. The summed E-state index contributed by atoms with van der Waals surface area (Å²) in [5.41, 5.74) is 0.645. The summed E-state index contributed by atoms with van der Waals surface area (Å²) in [4.78, 5) is 71.7. The van der Waals surface area contributed by atoms with Gasteiger partial charge < -0.3 is 36.6 Å². The van der Waals surface area contributed by atoms with Gasteiger partial charge in [-0.3, -0.25) is 24.0 Å². The van der Waals surface area contributed by atoms with Crippen molar-refractivity contribution in [2.75, 3.05) is 0 Å². The van der Waals surface area contributed by atoms with Crippen molar-refractivity contribution in [3.63, 3.8) is 0 Å². The third kappa shape index (κ3) is 9.99. The van der Waals surface area contributed by atoms with Crippen molar-refractivity contribution in [1.29, 1.82) is 0 Å². The van der Waals surface area contributed by atoms with Crippen LogP contribution in [0.5, 0.6) is 5.75 Å². The van der Waals surface area contributed by atoms with Crippen LogP contribution >= 0.6 is 0 Å². The van der Waals surface area contributed by atoms with Crippen LogP contribution in [-0.2, 0) is 35.2 Å². The largest absolute Gasteiger partial charge is 0.508 e. The van der Waals surface area contributed by atoms with E-state index >= 15 is 0 Å². The van der Waals surface area contributed by atoms with Crippen molar-refractivity contribution in [3.05, 3.63) is 29.8 Å². The van der Waals surface area contributed by atoms with E-state index in [1.807, 2.05) is 5.32 Å². The Balaban J connectivity index is 2.91. The highest BCUT2D eigenvalue weighted by atomic mass is 16.4. The number of aromatic hydroxyl groups is 1. The summed E-state index contributed by atoms with van der Waals surface area (Å²) in [7, 11) is 0. The van der Waals surface area contributed by atoms with Gasteiger partial charge in [0.05, 0.1) is 6.42 Å². The quantitative estimate of drug-likeness (QED) is 0.176. The van der Waals surface area contributed by atoms with Gasteiger partial charge in [0, 0.05) is 13.3 Å². The van der Waals surface area contributed by atoms with Crippen LogP contribution in [0.1, 0.15) is 39.7 Å². The molecule has 0 aliphatic rings. The molecule has 13 nitrogen and oxygen atoms in total. The number of carbonyl (C=O) groups excluding carboxylic acids is 4. The van der Waals surface area contributed by atoms with Crippen LogP contribution in [0.3, 0.4) is 0 Å². The fraction of sp³-hybridized carbons (Fsp3) is 0.478. The third-order valence-corrected chi connectivity index (χ3v) is 5.06. The number of phenols is 1. The highest BCUT2D eigenvalue weighted by Gasteiger charge is 2.31. The minimum absolute atomic E-state index is 0.0339. The SMILES string of the molecule is CC(=O)NC(Cc1ccc(O)cc1)C(=O)NC(C(=O)NC(C)C(=O)NC(CC(=O)O)C(=O)O)C(C)C. The highest BCUT2D eigenvalue weighted by molar-refractivity contribution is 5.95. The smallest absolute Gasteiger partial charge is 0.326 e. The number of carboxylic acids is 2. The molecule has 0 radical (unpaired) electrons. The van der Waals surface area contributed by atoms with E-state index in [9.17, 15) is 33.9 Å². The molecule has 0 saturated heterocycles. The highest BCUT2D eigenvalue weighted by Crippen LogP contribution is 2.12. The maximum Gasteiger partial charge on any atom is 0.326 e. The molecule has 198 valence electrons. The molecular weight excluding hydrogens is 476 g/mol. The molecule has 4 amide bonds. The summed E-state index contributed by atoms with van der Waals surface area (Å²) in [6, 6.07) is 0.952. The van der Waals surface area contributed by atoms with Crippen molar-refractivity contribution in [3.8, 4) is 5.75 Å². The Morgan fingerprint density at radius 3 is 1.83 bits per heavy atom. The summed E-state index contributed by atoms with van der Waals surface area (Å²) in [5, 5.41) is 36.8. The van der Waals surface area contributed by atoms with Crippen LogP contribution in [-0.4, -0.2) is 75.1 Å². The molecule has 0 spiro atoms. The first-order chi connectivity index (χ1) is 16.7. The molecule has 36 heavy (non-hydrogen) atoms. The van der Waals surface area contributed by atoms with Gasteiger partial charge >= 0.3 is 11.9 Å². The molecular formula is C23H32N4O9. The van der Waals surface area contributed by atoms with Gasteiger partial charge in [-0.1, -0.05) is 26.0 Å². The third-order valence-electron chi connectivity index (χ3n) is 5.06. The molecule has 13 heteroatoms. The predicted octanol–water partition coefficient (Wildman–Crippen LogP) is -0.871. The lowest BCUT2D eigenvalue weighted by molar-refractivity contribution is -0.147. The van der Waals surface area contributed by atoms with Crippen LogP contribution in [0, 0.1) is 5.92 Å². The summed E-state index contributed by atoms with van der Waals surface area (Å²) < 4.78 is 0. The molecule has 0 aliphatic heterocycles. The number of carboxylic acid groups (broad SMARTS) is 2. The predicted molar refractivity (Wildman–Crippen MR) is 126 cm³/mol. The normalized spacial score (nSPS) is 14.0. The number of hydrogen-bond acceptors (Lipinski definition) is 7. The molecule has 1 rings (SSSR count). The average Bonchev–Trinajstić information content (AvgIpc) is 2.76. The fourth-order valence-electron chi connectivity index (χ4n) is 3.15. The number of benzene rings is 1. The number of rotatable bonds is 13. The number of hydrogen-bond donors (Lipinski definition) is 7. The van der Waals surface area contributed by atoms with Crippen LogP contribution in [0.4, 0.5) is 0 Å². The summed E-state index contributed by atoms with van der Waals surface area (Å²) in [6.07, 6.45) is -0.769.